The number of methoxy groups -OCH3 is 1. The molecule has 122 valence electrons. The molecule has 2 heterocycles. The maximum absolute atomic E-state index is 12.5. The largest absolute Gasteiger partial charge is 0.497 e. The molecular formula is C18H21NO4. The summed E-state index contributed by atoms with van der Waals surface area (Å²) in [5.41, 5.74) is 0.105. The predicted molar refractivity (Wildman–Crippen MR) is 85.9 cm³/mol. The zero-order chi connectivity index (χ0) is 16.4. The molecule has 0 aromatic heterocycles. The van der Waals surface area contributed by atoms with Gasteiger partial charge in [0.1, 0.15) is 17.1 Å². The third-order valence-electron chi connectivity index (χ3n) is 4.59. The van der Waals surface area contributed by atoms with Gasteiger partial charge in [0.05, 0.1) is 19.1 Å². The summed E-state index contributed by atoms with van der Waals surface area (Å²) in [6.45, 7) is 3.06. The van der Waals surface area contributed by atoms with Crippen molar-refractivity contribution in [1.82, 2.24) is 4.90 Å². The topological polar surface area (TPSA) is 55.8 Å². The second-order valence-corrected chi connectivity index (χ2v) is 6.07. The summed E-state index contributed by atoms with van der Waals surface area (Å²) in [4.78, 5) is 26.2. The normalized spacial score (nSPS) is 19.6. The van der Waals surface area contributed by atoms with Gasteiger partial charge in [-0.3, -0.25) is 9.59 Å². The molecule has 1 amide bonds. The van der Waals surface area contributed by atoms with E-state index in [0.717, 1.165) is 0 Å². The van der Waals surface area contributed by atoms with Gasteiger partial charge in [-0.25, -0.2) is 0 Å². The first-order valence-electron chi connectivity index (χ1n) is 7.89. The highest BCUT2D eigenvalue weighted by Gasteiger charge is 2.43. The lowest BCUT2D eigenvalue weighted by atomic mass is 9.82. The van der Waals surface area contributed by atoms with E-state index in [0.29, 0.717) is 49.4 Å². The van der Waals surface area contributed by atoms with Crippen molar-refractivity contribution in [2.45, 2.75) is 31.8 Å². The van der Waals surface area contributed by atoms with Gasteiger partial charge in [-0.15, -0.1) is 0 Å². The number of nitrogens with zero attached hydrogens (tertiary/aromatic N) is 1. The van der Waals surface area contributed by atoms with Gasteiger partial charge in [-0.1, -0.05) is 6.08 Å². The Labute approximate surface area is 135 Å². The molecule has 2 aliphatic rings. The van der Waals surface area contributed by atoms with Crippen LogP contribution in [0.1, 0.15) is 36.5 Å². The average Bonchev–Trinajstić information content (AvgIpc) is 2.55. The predicted octanol–water partition coefficient (Wildman–Crippen LogP) is 2.60. The van der Waals surface area contributed by atoms with Crippen LogP contribution in [0.4, 0.5) is 0 Å². The number of likely N-dealkylation sites (tertiary alicyclic amines) is 1. The molecule has 0 saturated carbocycles. The Morgan fingerprint density at radius 1 is 1.35 bits per heavy atom. The maximum Gasteiger partial charge on any atom is 0.246 e. The number of rotatable bonds is 2. The number of piperidine rings is 1. The van der Waals surface area contributed by atoms with Gasteiger partial charge in [0, 0.05) is 25.9 Å². The summed E-state index contributed by atoms with van der Waals surface area (Å²) in [7, 11) is 1.58. The number of carbonyl (C=O) groups is 2. The number of hydrogen-bond acceptors (Lipinski definition) is 4. The van der Waals surface area contributed by atoms with Gasteiger partial charge >= 0.3 is 0 Å². The van der Waals surface area contributed by atoms with Gasteiger partial charge in [0.25, 0.3) is 0 Å². The van der Waals surface area contributed by atoms with Crippen molar-refractivity contribution in [3.05, 3.63) is 35.9 Å². The lowest BCUT2D eigenvalue weighted by Crippen LogP contribution is -2.52. The minimum absolute atomic E-state index is 0.0228. The Morgan fingerprint density at radius 3 is 2.74 bits per heavy atom. The quantitative estimate of drug-likeness (QED) is 0.787. The lowest BCUT2D eigenvalue weighted by Gasteiger charge is -2.43. The van der Waals surface area contributed by atoms with Crippen LogP contribution in [0.2, 0.25) is 0 Å². The summed E-state index contributed by atoms with van der Waals surface area (Å²) in [5.74, 6) is 1.38. The summed E-state index contributed by atoms with van der Waals surface area (Å²) < 4.78 is 11.4. The molecule has 0 bridgehead atoms. The van der Waals surface area contributed by atoms with Crippen LogP contribution in [0.25, 0.3) is 0 Å². The van der Waals surface area contributed by atoms with Crippen LogP contribution in [-0.4, -0.2) is 42.4 Å². The SMILES string of the molecule is C/C=C/C(=O)N1CCC2(CC1)CC(=O)c1cc(OC)ccc1O2. The summed E-state index contributed by atoms with van der Waals surface area (Å²) in [6.07, 6.45) is 5.03. The van der Waals surface area contributed by atoms with Crippen molar-refractivity contribution >= 4 is 11.7 Å². The summed E-state index contributed by atoms with van der Waals surface area (Å²) in [6, 6.07) is 5.33. The fourth-order valence-electron chi connectivity index (χ4n) is 3.26. The fraction of sp³-hybridized carbons (Fsp3) is 0.444. The number of benzene rings is 1. The first-order valence-corrected chi connectivity index (χ1v) is 7.89. The third kappa shape index (κ3) is 2.96. The van der Waals surface area contributed by atoms with Crippen molar-refractivity contribution in [2.24, 2.45) is 0 Å². The van der Waals surface area contributed by atoms with E-state index < -0.39 is 5.60 Å². The molecule has 23 heavy (non-hydrogen) atoms. The number of allylic oxidation sites excluding steroid dienone is 1. The van der Waals surface area contributed by atoms with E-state index in [1.807, 2.05) is 11.8 Å². The number of Topliss-reactive ketones (excluding diaryl/α,β-unsaturated/α-hetero) is 1. The molecule has 0 aliphatic carbocycles. The van der Waals surface area contributed by atoms with E-state index in [2.05, 4.69) is 0 Å². The molecule has 1 aromatic carbocycles. The second-order valence-electron chi connectivity index (χ2n) is 6.07. The van der Waals surface area contributed by atoms with Crippen LogP contribution < -0.4 is 9.47 Å². The van der Waals surface area contributed by atoms with Gasteiger partial charge in [0.15, 0.2) is 5.78 Å². The Morgan fingerprint density at radius 2 is 2.09 bits per heavy atom. The Hall–Kier alpha value is -2.30. The number of carbonyl (C=O) groups excluding carboxylic acids is 2. The van der Waals surface area contributed by atoms with Crippen molar-refractivity contribution in [1.29, 1.82) is 0 Å². The molecule has 1 aromatic rings. The fourth-order valence-corrected chi connectivity index (χ4v) is 3.26. The smallest absolute Gasteiger partial charge is 0.246 e. The van der Waals surface area contributed by atoms with Gasteiger partial charge < -0.3 is 14.4 Å². The van der Waals surface area contributed by atoms with Crippen molar-refractivity contribution in [3.63, 3.8) is 0 Å². The van der Waals surface area contributed by atoms with E-state index in [-0.39, 0.29) is 11.7 Å². The minimum atomic E-state index is -0.481. The van der Waals surface area contributed by atoms with Crippen molar-refractivity contribution < 1.29 is 19.1 Å². The Kier molecular flexibility index (Phi) is 4.11. The molecule has 2 aliphatic heterocycles. The van der Waals surface area contributed by atoms with Crippen molar-refractivity contribution in [2.75, 3.05) is 20.2 Å². The monoisotopic (exact) mass is 315 g/mol. The molecule has 0 atom stereocenters. The molecular weight excluding hydrogens is 294 g/mol. The van der Waals surface area contributed by atoms with Crippen LogP contribution in [0.5, 0.6) is 11.5 Å². The molecule has 5 heteroatoms. The van der Waals surface area contributed by atoms with Crippen LogP contribution >= 0.6 is 0 Å². The zero-order valence-electron chi connectivity index (χ0n) is 13.5. The second kappa shape index (κ2) is 6.07. The molecule has 1 fully saturated rings. The maximum atomic E-state index is 12.5. The molecule has 1 saturated heterocycles. The van der Waals surface area contributed by atoms with Crippen LogP contribution in [0.3, 0.4) is 0 Å². The first kappa shape index (κ1) is 15.6. The standard InChI is InChI=1S/C18H21NO4/c1-3-4-17(21)19-9-7-18(8-10-19)12-15(20)14-11-13(22-2)5-6-16(14)23-18/h3-6,11H,7-10,12H2,1-2H3/b4-3+. The number of hydrogen-bond donors (Lipinski definition) is 0. The highest BCUT2D eigenvalue weighted by atomic mass is 16.5. The van der Waals surface area contributed by atoms with E-state index in [4.69, 9.17) is 9.47 Å². The van der Waals surface area contributed by atoms with Gasteiger partial charge in [-0.05, 0) is 31.2 Å². The lowest BCUT2D eigenvalue weighted by molar-refractivity contribution is -0.129. The number of amides is 1. The van der Waals surface area contributed by atoms with Crippen LogP contribution in [0.15, 0.2) is 30.4 Å². The number of ether oxygens (including phenoxy) is 2. The number of ketones is 1. The molecule has 0 radical (unpaired) electrons. The first-order chi connectivity index (χ1) is 11.1. The summed E-state index contributed by atoms with van der Waals surface area (Å²) in [5, 5.41) is 0. The Bertz CT molecular complexity index is 657. The molecule has 0 unspecified atom stereocenters. The van der Waals surface area contributed by atoms with E-state index in [1.165, 1.54) is 0 Å². The molecule has 3 rings (SSSR count). The highest BCUT2D eigenvalue weighted by molar-refractivity contribution is 6.00. The van der Waals surface area contributed by atoms with E-state index >= 15 is 0 Å². The van der Waals surface area contributed by atoms with Crippen LogP contribution in [0, 0.1) is 0 Å². The highest BCUT2D eigenvalue weighted by Crippen LogP contribution is 2.40. The van der Waals surface area contributed by atoms with E-state index in [1.54, 1.807) is 37.5 Å². The minimum Gasteiger partial charge on any atom is -0.497 e. The van der Waals surface area contributed by atoms with Crippen LogP contribution in [-0.2, 0) is 4.79 Å². The molecule has 5 nitrogen and oxygen atoms in total. The van der Waals surface area contributed by atoms with Gasteiger partial charge in [-0.2, -0.15) is 0 Å². The third-order valence-corrected chi connectivity index (χ3v) is 4.59. The summed E-state index contributed by atoms with van der Waals surface area (Å²) >= 11 is 0. The molecule has 1 spiro atoms. The Balaban J connectivity index is 1.76. The zero-order valence-corrected chi connectivity index (χ0v) is 13.5. The molecule has 0 N–H and O–H groups in total. The number of fused-ring (bicyclic) bond motifs is 1. The van der Waals surface area contributed by atoms with Gasteiger partial charge in [0.2, 0.25) is 5.91 Å². The van der Waals surface area contributed by atoms with E-state index in [9.17, 15) is 9.59 Å². The average molecular weight is 315 g/mol. The van der Waals surface area contributed by atoms with Crippen molar-refractivity contribution in [3.8, 4) is 11.5 Å².